The van der Waals surface area contributed by atoms with E-state index in [2.05, 4.69) is 15.3 Å². The molecule has 0 unspecified atom stereocenters. The predicted molar refractivity (Wildman–Crippen MR) is 99.1 cm³/mol. The number of carbonyl (C=O) groups excluding carboxylic acids is 2. The van der Waals surface area contributed by atoms with Crippen LogP contribution in [0.5, 0.6) is 0 Å². The molecule has 0 spiro atoms. The van der Waals surface area contributed by atoms with E-state index in [1.54, 1.807) is 35.5 Å². The number of benzene rings is 1. The zero-order valence-corrected chi connectivity index (χ0v) is 15.0. The number of fused-ring (bicyclic) bond motifs is 1. The summed E-state index contributed by atoms with van der Waals surface area (Å²) in [6.07, 6.45) is 3.77. The summed E-state index contributed by atoms with van der Waals surface area (Å²) in [5.41, 5.74) is 1.80. The van der Waals surface area contributed by atoms with Crippen LogP contribution in [0.3, 0.4) is 0 Å². The van der Waals surface area contributed by atoms with Crippen molar-refractivity contribution in [3.05, 3.63) is 75.8 Å². The van der Waals surface area contributed by atoms with Crippen molar-refractivity contribution in [2.75, 3.05) is 11.9 Å². The fourth-order valence-corrected chi connectivity index (χ4v) is 3.91. The van der Waals surface area contributed by atoms with Gasteiger partial charge in [0.15, 0.2) is 5.01 Å². The average molecular weight is 382 g/mol. The minimum absolute atomic E-state index is 0.0674. The van der Waals surface area contributed by atoms with Gasteiger partial charge < -0.3 is 10.2 Å². The predicted octanol–water partition coefficient (Wildman–Crippen LogP) is 3.13. The fraction of sp³-hybridized carbons (Fsp3) is 0.158. The first-order valence-electron chi connectivity index (χ1n) is 8.35. The highest BCUT2D eigenvalue weighted by atomic mass is 32.1. The van der Waals surface area contributed by atoms with Gasteiger partial charge in [0.25, 0.3) is 11.8 Å². The van der Waals surface area contributed by atoms with E-state index in [9.17, 15) is 14.0 Å². The number of hydrogen-bond donors (Lipinski definition) is 1. The van der Waals surface area contributed by atoms with Crippen LogP contribution in [-0.2, 0) is 13.0 Å². The van der Waals surface area contributed by atoms with Gasteiger partial charge in [-0.3, -0.25) is 14.6 Å². The molecule has 6 nitrogen and oxygen atoms in total. The van der Waals surface area contributed by atoms with Crippen molar-refractivity contribution >= 4 is 28.8 Å². The molecule has 2 aromatic heterocycles. The summed E-state index contributed by atoms with van der Waals surface area (Å²) < 4.78 is 13.3. The summed E-state index contributed by atoms with van der Waals surface area (Å²) >= 11 is 1.26. The van der Waals surface area contributed by atoms with Crippen molar-refractivity contribution in [3.63, 3.8) is 0 Å². The largest absolute Gasteiger partial charge is 0.333 e. The van der Waals surface area contributed by atoms with Crippen molar-refractivity contribution < 1.29 is 14.0 Å². The standard InChI is InChI=1S/C19H15FN4O2S/c20-13-2-1-3-14(10-13)22-17(25)18-23-15-6-9-24(11-16(15)27-18)19(26)12-4-7-21-8-5-12/h1-5,7-8,10H,6,9,11H2,(H,22,25). The molecule has 1 aliphatic rings. The number of carbonyl (C=O) groups is 2. The van der Waals surface area contributed by atoms with E-state index in [0.29, 0.717) is 35.8 Å². The number of anilines is 1. The minimum Gasteiger partial charge on any atom is -0.333 e. The number of amides is 2. The Hall–Kier alpha value is -3.13. The van der Waals surface area contributed by atoms with Crippen LogP contribution in [0.15, 0.2) is 48.8 Å². The number of rotatable bonds is 3. The molecule has 0 saturated heterocycles. The van der Waals surface area contributed by atoms with Gasteiger partial charge in [0, 0.05) is 41.5 Å². The molecule has 0 atom stereocenters. The van der Waals surface area contributed by atoms with Crippen LogP contribution in [0.4, 0.5) is 10.1 Å². The maximum atomic E-state index is 13.3. The first-order valence-corrected chi connectivity index (χ1v) is 9.16. The van der Waals surface area contributed by atoms with Gasteiger partial charge in [-0.25, -0.2) is 9.37 Å². The quantitative estimate of drug-likeness (QED) is 0.755. The second-order valence-electron chi connectivity index (χ2n) is 6.07. The maximum Gasteiger partial charge on any atom is 0.284 e. The average Bonchev–Trinajstić information content (AvgIpc) is 3.11. The molecule has 3 aromatic rings. The molecule has 0 bridgehead atoms. The molecule has 0 fully saturated rings. The summed E-state index contributed by atoms with van der Waals surface area (Å²) in [5, 5.41) is 2.96. The number of hydrogen-bond acceptors (Lipinski definition) is 5. The Bertz CT molecular complexity index is 1010. The lowest BCUT2D eigenvalue weighted by Crippen LogP contribution is -2.35. The number of nitrogens with one attached hydrogen (secondary N) is 1. The molecule has 8 heteroatoms. The highest BCUT2D eigenvalue weighted by Gasteiger charge is 2.26. The summed E-state index contributed by atoms with van der Waals surface area (Å²) in [5.74, 6) is -0.870. The van der Waals surface area contributed by atoms with Crippen molar-refractivity contribution in [2.24, 2.45) is 0 Å². The van der Waals surface area contributed by atoms with Gasteiger partial charge in [-0.15, -0.1) is 11.3 Å². The molecule has 0 saturated carbocycles. The van der Waals surface area contributed by atoms with Gasteiger partial charge in [-0.1, -0.05) is 6.07 Å². The van der Waals surface area contributed by atoms with E-state index in [4.69, 9.17) is 0 Å². The summed E-state index contributed by atoms with van der Waals surface area (Å²) in [6, 6.07) is 9.07. The van der Waals surface area contributed by atoms with Gasteiger partial charge in [0.05, 0.1) is 12.2 Å². The van der Waals surface area contributed by atoms with Crippen molar-refractivity contribution in [1.82, 2.24) is 14.9 Å². The molecule has 0 radical (unpaired) electrons. The molecular weight excluding hydrogens is 367 g/mol. The lowest BCUT2D eigenvalue weighted by molar-refractivity contribution is 0.0735. The first-order chi connectivity index (χ1) is 13.1. The Balaban J connectivity index is 1.48. The first kappa shape index (κ1) is 17.3. The molecule has 136 valence electrons. The monoisotopic (exact) mass is 382 g/mol. The van der Waals surface area contributed by atoms with Gasteiger partial charge in [0.2, 0.25) is 0 Å². The number of halogens is 1. The molecule has 0 aliphatic carbocycles. The van der Waals surface area contributed by atoms with E-state index >= 15 is 0 Å². The highest BCUT2D eigenvalue weighted by Crippen LogP contribution is 2.26. The number of aromatic nitrogens is 2. The Kier molecular flexibility index (Phi) is 4.64. The number of nitrogens with zero attached hydrogens (tertiary/aromatic N) is 3. The fourth-order valence-electron chi connectivity index (χ4n) is 2.89. The molecule has 2 amide bonds. The lowest BCUT2D eigenvalue weighted by atomic mass is 10.1. The second kappa shape index (κ2) is 7.24. The smallest absolute Gasteiger partial charge is 0.284 e. The van der Waals surface area contributed by atoms with E-state index in [1.165, 1.54) is 29.5 Å². The maximum absolute atomic E-state index is 13.3. The minimum atomic E-state index is -0.420. The molecule has 27 heavy (non-hydrogen) atoms. The van der Waals surface area contributed by atoms with Crippen LogP contribution in [-0.4, -0.2) is 33.2 Å². The molecule has 1 N–H and O–H groups in total. The van der Waals surface area contributed by atoms with Crippen LogP contribution < -0.4 is 5.32 Å². The van der Waals surface area contributed by atoms with Crippen LogP contribution in [0.1, 0.15) is 30.7 Å². The van der Waals surface area contributed by atoms with E-state index in [1.807, 2.05) is 0 Å². The number of pyridine rings is 1. The SMILES string of the molecule is O=C(Nc1cccc(F)c1)c1nc2c(s1)CN(C(=O)c1ccncc1)CC2. The third-order valence-electron chi connectivity index (χ3n) is 4.22. The van der Waals surface area contributed by atoms with E-state index in [-0.39, 0.29) is 11.8 Å². The van der Waals surface area contributed by atoms with E-state index < -0.39 is 5.82 Å². The molecule has 3 heterocycles. The van der Waals surface area contributed by atoms with Crippen LogP contribution in [0, 0.1) is 5.82 Å². The highest BCUT2D eigenvalue weighted by molar-refractivity contribution is 7.13. The summed E-state index contributed by atoms with van der Waals surface area (Å²) in [4.78, 5) is 36.0. The van der Waals surface area contributed by atoms with Gasteiger partial charge >= 0.3 is 0 Å². The van der Waals surface area contributed by atoms with Crippen LogP contribution in [0.25, 0.3) is 0 Å². The summed E-state index contributed by atoms with van der Waals surface area (Å²) in [6.45, 7) is 0.963. The van der Waals surface area contributed by atoms with Gasteiger partial charge in [-0.05, 0) is 30.3 Å². The number of thiazole rings is 1. The Labute approximate surface area is 158 Å². The Morgan fingerprint density at radius 3 is 2.78 bits per heavy atom. The van der Waals surface area contributed by atoms with Gasteiger partial charge in [-0.2, -0.15) is 0 Å². The van der Waals surface area contributed by atoms with Crippen molar-refractivity contribution in [1.29, 1.82) is 0 Å². The van der Waals surface area contributed by atoms with E-state index in [0.717, 1.165) is 10.6 Å². The Morgan fingerprint density at radius 2 is 2.00 bits per heavy atom. The zero-order valence-electron chi connectivity index (χ0n) is 14.2. The molecule has 1 aromatic carbocycles. The third kappa shape index (κ3) is 3.70. The van der Waals surface area contributed by atoms with Crippen LogP contribution in [0.2, 0.25) is 0 Å². The second-order valence-corrected chi connectivity index (χ2v) is 7.15. The zero-order chi connectivity index (χ0) is 18.8. The summed E-state index contributed by atoms with van der Waals surface area (Å²) in [7, 11) is 0. The molecular formula is C19H15FN4O2S. The van der Waals surface area contributed by atoms with Crippen molar-refractivity contribution in [2.45, 2.75) is 13.0 Å². The van der Waals surface area contributed by atoms with Crippen molar-refractivity contribution in [3.8, 4) is 0 Å². The Morgan fingerprint density at radius 1 is 1.19 bits per heavy atom. The normalized spacial score (nSPS) is 13.1. The topological polar surface area (TPSA) is 75.2 Å². The molecule has 4 rings (SSSR count). The third-order valence-corrected chi connectivity index (χ3v) is 5.30. The molecule has 1 aliphatic heterocycles. The lowest BCUT2D eigenvalue weighted by Gasteiger charge is -2.26. The van der Waals surface area contributed by atoms with Gasteiger partial charge in [0.1, 0.15) is 5.82 Å². The van der Waals surface area contributed by atoms with Crippen LogP contribution >= 0.6 is 11.3 Å².